The second-order valence-electron chi connectivity index (χ2n) is 10.1. The summed E-state index contributed by atoms with van der Waals surface area (Å²) in [6.45, 7) is -5.82. The molecular weight excluding hydrogens is 671 g/mol. The molecule has 3 aliphatic heterocycles. The van der Waals surface area contributed by atoms with E-state index in [0.717, 1.165) is 17.2 Å². The van der Waals surface area contributed by atoms with Gasteiger partial charge in [0.15, 0.2) is 53.5 Å². The van der Waals surface area contributed by atoms with E-state index >= 15 is 8.78 Å². The first-order valence-corrected chi connectivity index (χ1v) is 16.9. The molecule has 7 N–H and O–H groups in total. The van der Waals surface area contributed by atoms with Gasteiger partial charge in [0.2, 0.25) is 5.95 Å². The minimum atomic E-state index is -4.83. The topological polar surface area (TPSA) is 272 Å². The van der Waals surface area contributed by atoms with Crippen molar-refractivity contribution in [1.82, 2.24) is 43.8 Å². The van der Waals surface area contributed by atoms with Crippen molar-refractivity contribution in [3.05, 3.63) is 29.3 Å². The lowest BCUT2D eigenvalue weighted by molar-refractivity contribution is -0.0472. The normalized spacial score (nSPS) is 35.5. The molecule has 0 spiro atoms. The Labute approximate surface area is 254 Å². The van der Waals surface area contributed by atoms with Crippen LogP contribution in [0.1, 0.15) is 12.5 Å². The first-order valence-electron chi connectivity index (χ1n) is 12.9. The molecule has 2 bridgehead atoms. The van der Waals surface area contributed by atoms with Crippen LogP contribution in [-0.4, -0.2) is 102 Å². The second kappa shape index (κ2) is 10.9. The second-order valence-corrected chi connectivity index (χ2v) is 14.3. The molecule has 0 radical (unpaired) electrons. The summed E-state index contributed by atoms with van der Waals surface area (Å²) in [5, 5.41) is 0. The van der Waals surface area contributed by atoms with Gasteiger partial charge in [0, 0.05) is 6.54 Å². The first kappa shape index (κ1) is 30.3. The molecule has 3 fully saturated rings. The number of aromatic amines is 1. The number of nitrogens with two attached hydrogens (primary N) is 2. The highest BCUT2D eigenvalue weighted by Gasteiger charge is 2.53. The number of hydrogen-bond donors (Lipinski definition) is 5. The monoisotopic (exact) mass is 693 g/mol. The third-order valence-electron chi connectivity index (χ3n) is 7.27. The average molecular weight is 694 g/mol. The van der Waals surface area contributed by atoms with Crippen molar-refractivity contribution in [2.75, 3.05) is 24.6 Å². The molecule has 0 aromatic carbocycles. The molecule has 1 unspecified atom stereocenters. The molecule has 0 saturated carbocycles. The minimum Gasteiger partial charge on any atom is -0.382 e. The van der Waals surface area contributed by atoms with Gasteiger partial charge in [0.25, 0.3) is 5.56 Å². The van der Waals surface area contributed by atoms with Gasteiger partial charge in [-0.1, -0.05) is 0 Å². The average Bonchev–Trinajstić information content (AvgIpc) is 3.72. The number of rotatable bonds is 2. The van der Waals surface area contributed by atoms with Gasteiger partial charge in [-0.15, -0.1) is 0 Å². The van der Waals surface area contributed by atoms with Crippen LogP contribution >= 0.6 is 6.72 Å². The number of nitrogens with zero attached hydrogens (tertiary/aromatic N) is 7. The maximum atomic E-state index is 16.0. The molecule has 9 atom stereocenters. The van der Waals surface area contributed by atoms with Gasteiger partial charge in [0.05, 0.1) is 19.3 Å². The minimum absolute atomic E-state index is 0.0196. The molecule has 3 aliphatic rings. The summed E-state index contributed by atoms with van der Waals surface area (Å²) in [7, 11) is -4.83. The smallest absolute Gasteiger partial charge is 0.336 e. The van der Waals surface area contributed by atoms with Crippen LogP contribution in [-0.2, 0) is 44.8 Å². The Bertz CT molecular complexity index is 2010. The van der Waals surface area contributed by atoms with Crippen molar-refractivity contribution >= 4 is 62.9 Å². The molecule has 3 saturated heterocycles. The van der Waals surface area contributed by atoms with Crippen LogP contribution in [0.4, 0.5) is 20.5 Å². The van der Waals surface area contributed by atoms with Gasteiger partial charge in [0.1, 0.15) is 30.2 Å². The molecule has 4 aromatic rings. The summed E-state index contributed by atoms with van der Waals surface area (Å²) in [6.07, 6.45) is -10.6. The van der Waals surface area contributed by atoms with E-state index < -0.39 is 84.9 Å². The third kappa shape index (κ3) is 5.35. The first-order chi connectivity index (χ1) is 21.3. The highest BCUT2D eigenvalue weighted by Crippen LogP contribution is 2.50. The fourth-order valence-electron chi connectivity index (χ4n) is 5.27. The van der Waals surface area contributed by atoms with Gasteiger partial charge in [-0.05, 0) is 11.8 Å². The maximum absolute atomic E-state index is 16.0. The molecule has 7 rings (SSSR count). The van der Waals surface area contributed by atoms with Crippen LogP contribution in [0.2, 0.25) is 0 Å². The number of alkyl halides is 2. The lowest BCUT2D eigenvalue weighted by atomic mass is 10.1. The number of imidazole rings is 2. The third-order valence-corrected chi connectivity index (χ3v) is 9.83. The largest absolute Gasteiger partial charge is 0.382 e. The Morgan fingerprint density at radius 3 is 2.49 bits per heavy atom. The Morgan fingerprint density at radius 1 is 1.00 bits per heavy atom. The van der Waals surface area contributed by atoms with Crippen LogP contribution in [0, 0.1) is 0 Å². The van der Waals surface area contributed by atoms with E-state index in [0.29, 0.717) is 0 Å². The van der Waals surface area contributed by atoms with E-state index in [1.165, 1.54) is 10.9 Å². The van der Waals surface area contributed by atoms with E-state index in [4.69, 9.17) is 46.0 Å². The van der Waals surface area contributed by atoms with Crippen LogP contribution in [0.15, 0.2) is 23.8 Å². The van der Waals surface area contributed by atoms with Crippen LogP contribution < -0.4 is 21.7 Å². The summed E-state index contributed by atoms with van der Waals surface area (Å²) in [5.41, 5.74) is 10.6. The highest BCUT2D eigenvalue weighted by atomic mass is 32.5. The Hall–Kier alpha value is -3.32. The van der Waals surface area contributed by atoms with Crippen molar-refractivity contribution in [2.45, 2.75) is 49.2 Å². The molecule has 0 aliphatic carbocycles. The SMILES string of the molecule is Nc1nc2c(ncn2[C@@H]2O[C@@H]3COP(O)(=S)O[C@H]4[C@H](F)[C@H](n5cnc6c(N)ncnc65)O[C@@H]4CNS(=O)(=O)O[C@@H]2[C@@H]3F)c(=O)[nH]1. The Kier molecular flexibility index (Phi) is 7.34. The van der Waals surface area contributed by atoms with E-state index in [-0.39, 0.29) is 34.1 Å². The van der Waals surface area contributed by atoms with Crippen molar-refractivity contribution < 1.29 is 44.8 Å². The number of aromatic nitrogens is 8. The number of fused-ring (bicyclic) bond motifs is 5. The lowest BCUT2D eigenvalue weighted by Gasteiger charge is -2.26. The molecule has 25 heteroatoms. The zero-order chi connectivity index (χ0) is 31.8. The molecule has 242 valence electrons. The molecular formula is C20H22F2N11O9PS2. The van der Waals surface area contributed by atoms with E-state index in [2.05, 4.69) is 34.6 Å². The predicted molar refractivity (Wildman–Crippen MR) is 149 cm³/mol. The van der Waals surface area contributed by atoms with Crippen LogP contribution in [0.5, 0.6) is 0 Å². The summed E-state index contributed by atoms with van der Waals surface area (Å²) >= 11 is 5.09. The number of nitrogens with one attached hydrogen (secondary N) is 2. The van der Waals surface area contributed by atoms with E-state index in [1.54, 1.807) is 0 Å². The fraction of sp³-hybridized carbons (Fsp3) is 0.500. The lowest BCUT2D eigenvalue weighted by Crippen LogP contribution is -2.43. The van der Waals surface area contributed by atoms with Gasteiger partial charge >= 0.3 is 17.0 Å². The zero-order valence-corrected chi connectivity index (χ0v) is 24.8. The quantitative estimate of drug-likeness (QED) is 0.149. The maximum Gasteiger partial charge on any atom is 0.336 e. The number of H-pyrrole nitrogens is 1. The number of halogens is 2. The molecule has 20 nitrogen and oxygen atoms in total. The van der Waals surface area contributed by atoms with Crippen molar-refractivity contribution in [3.8, 4) is 0 Å². The summed E-state index contributed by atoms with van der Waals surface area (Å²) < 4.78 is 89.8. The van der Waals surface area contributed by atoms with Gasteiger partial charge in [-0.25, -0.2) is 32.9 Å². The van der Waals surface area contributed by atoms with E-state index in [1.807, 2.05) is 0 Å². The molecule has 4 aromatic heterocycles. The van der Waals surface area contributed by atoms with Crippen LogP contribution in [0.3, 0.4) is 0 Å². The van der Waals surface area contributed by atoms with E-state index in [9.17, 15) is 18.1 Å². The molecule has 7 heterocycles. The fourth-order valence-corrected chi connectivity index (χ4v) is 7.63. The van der Waals surface area contributed by atoms with Gasteiger partial charge < -0.3 is 30.4 Å². The number of nitrogen functional groups attached to an aromatic ring is 2. The predicted octanol–water partition coefficient (Wildman–Crippen LogP) is -1.55. The molecule has 45 heavy (non-hydrogen) atoms. The Balaban J connectivity index is 1.21. The number of ether oxygens (including phenoxy) is 2. The summed E-state index contributed by atoms with van der Waals surface area (Å²) in [6, 6.07) is 0. The van der Waals surface area contributed by atoms with Crippen molar-refractivity contribution in [1.29, 1.82) is 0 Å². The zero-order valence-electron chi connectivity index (χ0n) is 22.3. The number of hydrogen-bond acceptors (Lipinski definition) is 16. The Morgan fingerprint density at radius 2 is 1.71 bits per heavy atom. The standard InChI is InChI=1S/C20H22F2N11O9PS2/c21-8-7-2-38-43(35,44)41-12-6(39-18(9(12)22)32-4-27-10-14(23)25-3-26-15(10)32)1-29-45(36,37)42-13(8)19(40-7)33-5-28-11-16(33)30-20(24)31-17(11)34/h3-9,12-13,18-19,29H,1-2H2,(H,35,44)(H2,23,25,26)(H3,24,30,31,34)/t6-,7-,8-,9+,12-,13-,18-,19-,43?/m1/s1. The molecule has 0 amide bonds. The number of anilines is 2. The van der Waals surface area contributed by atoms with Crippen molar-refractivity contribution in [3.63, 3.8) is 0 Å². The van der Waals surface area contributed by atoms with Gasteiger partial charge in [-0.2, -0.15) is 18.1 Å². The van der Waals surface area contributed by atoms with Gasteiger partial charge in [-0.3, -0.25) is 23.4 Å². The van der Waals surface area contributed by atoms with Crippen molar-refractivity contribution in [2.24, 2.45) is 0 Å². The summed E-state index contributed by atoms with van der Waals surface area (Å²) in [5.74, 6) is -0.280. The summed E-state index contributed by atoms with van der Waals surface area (Å²) in [4.78, 5) is 45.3. The highest BCUT2D eigenvalue weighted by molar-refractivity contribution is 8.07. The van der Waals surface area contributed by atoms with Crippen LogP contribution in [0.25, 0.3) is 22.3 Å².